The molecule has 1 aliphatic heterocycles. The summed E-state index contributed by atoms with van der Waals surface area (Å²) in [7, 11) is 0. The third kappa shape index (κ3) is 2.93. The molecular formula is C21H21ClN2O. The van der Waals surface area contributed by atoms with Crippen LogP contribution >= 0.6 is 11.6 Å². The Kier molecular flexibility index (Phi) is 3.84. The van der Waals surface area contributed by atoms with Crippen LogP contribution in [-0.4, -0.2) is 15.4 Å². The number of rotatable bonds is 2. The summed E-state index contributed by atoms with van der Waals surface area (Å²) in [6.45, 7) is 6.33. The van der Waals surface area contributed by atoms with Gasteiger partial charge in [0.1, 0.15) is 5.60 Å². The van der Waals surface area contributed by atoms with Crippen LogP contribution < -0.4 is 4.74 Å². The molecule has 0 fully saturated rings. The fourth-order valence-corrected chi connectivity index (χ4v) is 3.76. The molecule has 2 aromatic carbocycles. The summed E-state index contributed by atoms with van der Waals surface area (Å²) in [5, 5.41) is 5.54. The van der Waals surface area contributed by atoms with Crippen molar-refractivity contribution >= 4 is 11.6 Å². The van der Waals surface area contributed by atoms with Crippen molar-refractivity contribution in [2.45, 2.75) is 38.7 Å². The number of ether oxygens (including phenoxy) is 1. The number of aryl methyl sites for hydroxylation is 1. The normalized spacial score (nSPS) is 18.5. The highest BCUT2D eigenvalue weighted by Crippen LogP contribution is 2.46. The molecule has 0 saturated carbocycles. The third-order valence-electron chi connectivity index (χ3n) is 4.75. The molecule has 0 radical (unpaired) electrons. The topological polar surface area (TPSA) is 27.1 Å². The maximum absolute atomic E-state index is 6.38. The van der Waals surface area contributed by atoms with Gasteiger partial charge in [0.05, 0.1) is 11.4 Å². The lowest BCUT2D eigenvalue weighted by molar-refractivity contribution is 0.0687. The number of fused-ring (bicyclic) bond motifs is 1. The van der Waals surface area contributed by atoms with Crippen LogP contribution in [0, 0.1) is 6.92 Å². The fraction of sp³-hybridized carbons (Fsp3) is 0.286. The van der Waals surface area contributed by atoms with Gasteiger partial charge in [-0.15, -0.1) is 0 Å². The predicted octanol–water partition coefficient (Wildman–Crippen LogP) is 5.53. The van der Waals surface area contributed by atoms with Gasteiger partial charge in [0.15, 0.2) is 0 Å². The van der Waals surface area contributed by atoms with Gasteiger partial charge in [-0.2, -0.15) is 5.10 Å². The van der Waals surface area contributed by atoms with Crippen molar-refractivity contribution in [3.63, 3.8) is 0 Å². The zero-order chi connectivity index (χ0) is 17.6. The molecule has 1 aliphatic rings. The molecule has 2 heterocycles. The summed E-state index contributed by atoms with van der Waals surface area (Å²) in [6.07, 6.45) is 0.906. The van der Waals surface area contributed by atoms with E-state index < -0.39 is 0 Å². The van der Waals surface area contributed by atoms with E-state index in [0.717, 1.165) is 28.7 Å². The van der Waals surface area contributed by atoms with E-state index in [1.165, 1.54) is 11.1 Å². The highest BCUT2D eigenvalue weighted by molar-refractivity contribution is 6.30. The van der Waals surface area contributed by atoms with Crippen molar-refractivity contribution in [3.8, 4) is 11.6 Å². The van der Waals surface area contributed by atoms with Crippen LogP contribution in [0.25, 0.3) is 5.69 Å². The molecule has 4 heteroatoms. The molecule has 3 nitrogen and oxygen atoms in total. The highest BCUT2D eigenvalue weighted by atomic mass is 35.5. The fourth-order valence-electron chi connectivity index (χ4n) is 3.64. The molecule has 4 rings (SSSR count). The van der Waals surface area contributed by atoms with Gasteiger partial charge in [-0.25, -0.2) is 4.68 Å². The average Bonchev–Trinajstić information content (AvgIpc) is 2.91. The van der Waals surface area contributed by atoms with E-state index in [4.69, 9.17) is 21.4 Å². The number of hydrogen-bond donors (Lipinski definition) is 0. The Morgan fingerprint density at radius 2 is 1.76 bits per heavy atom. The predicted molar refractivity (Wildman–Crippen MR) is 101 cm³/mol. The molecule has 0 saturated heterocycles. The van der Waals surface area contributed by atoms with Crippen LogP contribution in [0.2, 0.25) is 5.02 Å². The van der Waals surface area contributed by atoms with Gasteiger partial charge in [-0.05, 0) is 57.0 Å². The first-order valence-electron chi connectivity index (χ1n) is 8.54. The van der Waals surface area contributed by atoms with Crippen molar-refractivity contribution in [1.82, 2.24) is 9.78 Å². The molecule has 0 N–H and O–H groups in total. The van der Waals surface area contributed by atoms with Crippen LogP contribution in [0.5, 0.6) is 5.88 Å². The van der Waals surface area contributed by atoms with E-state index in [1.54, 1.807) is 0 Å². The monoisotopic (exact) mass is 352 g/mol. The Morgan fingerprint density at radius 1 is 1.08 bits per heavy atom. The van der Waals surface area contributed by atoms with E-state index in [0.29, 0.717) is 0 Å². The molecule has 3 aromatic rings. The largest absolute Gasteiger partial charge is 0.471 e. The standard InChI is InChI=1S/C21H21ClN2O/c1-14-19-18(15-9-11-16(22)12-10-15)13-21(2,3)25-20(19)24(23-14)17-7-5-4-6-8-17/h4-12,18H,13H2,1-3H3. The van der Waals surface area contributed by atoms with Crippen molar-refractivity contribution in [3.05, 3.63) is 76.4 Å². The maximum Gasteiger partial charge on any atom is 0.221 e. The minimum Gasteiger partial charge on any atom is -0.471 e. The smallest absolute Gasteiger partial charge is 0.221 e. The summed E-state index contributed by atoms with van der Waals surface area (Å²) in [4.78, 5) is 0. The Bertz CT molecular complexity index is 898. The van der Waals surface area contributed by atoms with Crippen molar-refractivity contribution < 1.29 is 4.74 Å². The average molecular weight is 353 g/mol. The second kappa shape index (κ2) is 5.92. The van der Waals surface area contributed by atoms with Crippen LogP contribution in [0.15, 0.2) is 54.6 Å². The number of nitrogens with zero attached hydrogens (tertiary/aromatic N) is 2. The number of hydrogen-bond acceptors (Lipinski definition) is 2. The van der Waals surface area contributed by atoms with Crippen molar-refractivity contribution in [1.29, 1.82) is 0 Å². The van der Waals surface area contributed by atoms with Gasteiger partial charge in [-0.3, -0.25) is 0 Å². The van der Waals surface area contributed by atoms with Crippen molar-refractivity contribution in [2.24, 2.45) is 0 Å². The Labute approximate surface area is 153 Å². The van der Waals surface area contributed by atoms with Crippen LogP contribution in [0.4, 0.5) is 0 Å². The maximum atomic E-state index is 6.38. The summed E-state index contributed by atoms with van der Waals surface area (Å²) >= 11 is 6.08. The summed E-state index contributed by atoms with van der Waals surface area (Å²) in [5.41, 5.74) is 4.17. The van der Waals surface area contributed by atoms with Gasteiger partial charge in [0.2, 0.25) is 5.88 Å². The van der Waals surface area contributed by atoms with Gasteiger partial charge in [0.25, 0.3) is 0 Å². The zero-order valence-corrected chi connectivity index (χ0v) is 15.4. The van der Waals surface area contributed by atoms with E-state index in [2.05, 4.69) is 45.0 Å². The van der Waals surface area contributed by atoms with E-state index >= 15 is 0 Å². The van der Waals surface area contributed by atoms with Crippen molar-refractivity contribution in [2.75, 3.05) is 0 Å². The molecule has 1 unspecified atom stereocenters. The molecule has 0 spiro atoms. The molecule has 0 bridgehead atoms. The number of benzene rings is 2. The molecule has 1 aromatic heterocycles. The first-order chi connectivity index (χ1) is 11.9. The number of halogens is 1. The van der Waals surface area contributed by atoms with E-state index in [-0.39, 0.29) is 11.5 Å². The lowest BCUT2D eigenvalue weighted by Gasteiger charge is -2.36. The molecule has 128 valence electrons. The molecule has 1 atom stereocenters. The molecule has 0 amide bonds. The van der Waals surface area contributed by atoms with Gasteiger partial charge < -0.3 is 4.74 Å². The van der Waals surface area contributed by atoms with Crippen LogP contribution in [0.1, 0.15) is 43.0 Å². The summed E-state index contributed by atoms with van der Waals surface area (Å²) < 4.78 is 8.30. The lowest BCUT2D eigenvalue weighted by Crippen LogP contribution is -2.35. The van der Waals surface area contributed by atoms with Crippen LogP contribution in [-0.2, 0) is 0 Å². The minimum atomic E-state index is -0.268. The first-order valence-corrected chi connectivity index (χ1v) is 8.92. The van der Waals surface area contributed by atoms with Crippen LogP contribution in [0.3, 0.4) is 0 Å². The second-order valence-electron chi connectivity index (χ2n) is 7.22. The minimum absolute atomic E-state index is 0.244. The first kappa shape index (κ1) is 16.2. The van der Waals surface area contributed by atoms with Gasteiger partial charge in [-0.1, -0.05) is 41.9 Å². The zero-order valence-electron chi connectivity index (χ0n) is 14.7. The second-order valence-corrected chi connectivity index (χ2v) is 7.66. The molecular weight excluding hydrogens is 332 g/mol. The molecule has 25 heavy (non-hydrogen) atoms. The Morgan fingerprint density at radius 3 is 2.44 bits per heavy atom. The van der Waals surface area contributed by atoms with E-state index in [1.807, 2.05) is 35.0 Å². The number of para-hydroxylation sites is 1. The quantitative estimate of drug-likeness (QED) is 0.606. The SMILES string of the molecule is Cc1nn(-c2ccccc2)c2c1C(c1ccc(Cl)cc1)CC(C)(C)O2. The summed E-state index contributed by atoms with van der Waals surface area (Å²) in [5.74, 6) is 1.09. The van der Waals surface area contributed by atoms with E-state index in [9.17, 15) is 0 Å². The lowest BCUT2D eigenvalue weighted by atomic mass is 9.81. The summed E-state index contributed by atoms with van der Waals surface area (Å²) in [6, 6.07) is 18.3. The van der Waals surface area contributed by atoms with Gasteiger partial charge in [0, 0.05) is 16.5 Å². The Hall–Kier alpha value is -2.26. The molecule has 0 aliphatic carbocycles. The van der Waals surface area contributed by atoms with Gasteiger partial charge >= 0.3 is 0 Å². The number of aromatic nitrogens is 2. The highest BCUT2D eigenvalue weighted by Gasteiger charge is 2.39. The Balaban J connectivity index is 1.89. The third-order valence-corrected chi connectivity index (χ3v) is 5.00.